The molecule has 1 heteroatoms. The fraction of sp³-hybridized carbons (Fsp3) is 0. The van der Waals surface area contributed by atoms with Crippen molar-refractivity contribution in [2.45, 2.75) is 0 Å². The van der Waals surface area contributed by atoms with Crippen LogP contribution in [-0.4, -0.2) is 4.98 Å². The lowest BCUT2D eigenvalue weighted by Crippen LogP contribution is -1.93. The number of para-hydroxylation sites is 1. The topological polar surface area (TPSA) is 12.9 Å². The fourth-order valence-electron chi connectivity index (χ4n) is 6.50. The van der Waals surface area contributed by atoms with Crippen molar-refractivity contribution in [3.05, 3.63) is 187 Å². The SMILES string of the molecule is C(=C(c1ccccc1)c1ccccc1)c1ccc(-c2c3ccccc3c(-c3ccccc3)c3c2cnc2ccccc23)cc1. The van der Waals surface area contributed by atoms with Crippen LogP contribution in [0.1, 0.15) is 16.7 Å². The van der Waals surface area contributed by atoms with Crippen LogP contribution in [0.25, 0.3) is 66.4 Å². The van der Waals surface area contributed by atoms with Crippen LogP contribution in [0.4, 0.5) is 0 Å². The van der Waals surface area contributed by atoms with Gasteiger partial charge < -0.3 is 0 Å². The molecule has 8 aromatic rings. The van der Waals surface area contributed by atoms with Crippen molar-refractivity contribution in [1.82, 2.24) is 4.98 Å². The smallest absolute Gasteiger partial charge is 0.0708 e. The maximum Gasteiger partial charge on any atom is 0.0708 e. The van der Waals surface area contributed by atoms with Gasteiger partial charge in [0, 0.05) is 22.4 Å². The van der Waals surface area contributed by atoms with Crippen LogP contribution < -0.4 is 0 Å². The molecule has 0 saturated carbocycles. The van der Waals surface area contributed by atoms with Gasteiger partial charge in [0.25, 0.3) is 0 Å². The Labute approximate surface area is 257 Å². The first-order valence-corrected chi connectivity index (χ1v) is 15.1. The van der Waals surface area contributed by atoms with Gasteiger partial charge in [-0.25, -0.2) is 0 Å². The Morgan fingerprint density at radius 3 is 1.55 bits per heavy atom. The average molecular weight is 560 g/mol. The third-order valence-corrected chi connectivity index (χ3v) is 8.50. The van der Waals surface area contributed by atoms with E-state index in [9.17, 15) is 0 Å². The molecule has 0 saturated heterocycles. The molecule has 0 aliphatic carbocycles. The van der Waals surface area contributed by atoms with E-state index in [2.05, 4.69) is 176 Å². The second kappa shape index (κ2) is 11.1. The third kappa shape index (κ3) is 4.56. The zero-order valence-electron chi connectivity index (χ0n) is 24.2. The van der Waals surface area contributed by atoms with Crippen molar-refractivity contribution in [2.75, 3.05) is 0 Å². The molecule has 0 unspecified atom stereocenters. The predicted octanol–water partition coefficient (Wildman–Crippen LogP) is 11.5. The Balaban J connectivity index is 1.36. The minimum absolute atomic E-state index is 1.01. The van der Waals surface area contributed by atoms with Gasteiger partial charge in [-0.15, -0.1) is 0 Å². The van der Waals surface area contributed by atoms with Gasteiger partial charge in [0.1, 0.15) is 0 Å². The lowest BCUT2D eigenvalue weighted by molar-refractivity contribution is 1.45. The molecule has 1 heterocycles. The van der Waals surface area contributed by atoms with E-state index in [1.54, 1.807) is 0 Å². The van der Waals surface area contributed by atoms with Crippen LogP contribution in [0.15, 0.2) is 170 Å². The van der Waals surface area contributed by atoms with Crippen LogP contribution in [0.5, 0.6) is 0 Å². The second-order valence-corrected chi connectivity index (χ2v) is 11.1. The van der Waals surface area contributed by atoms with Crippen molar-refractivity contribution >= 4 is 44.1 Å². The molecule has 0 bridgehead atoms. The highest BCUT2D eigenvalue weighted by molar-refractivity contribution is 6.27. The van der Waals surface area contributed by atoms with E-state index in [0.717, 1.165) is 11.1 Å². The number of rotatable bonds is 5. The van der Waals surface area contributed by atoms with E-state index in [-0.39, 0.29) is 0 Å². The zero-order chi connectivity index (χ0) is 29.3. The summed E-state index contributed by atoms with van der Waals surface area (Å²) in [6.45, 7) is 0. The highest BCUT2D eigenvalue weighted by atomic mass is 14.6. The minimum atomic E-state index is 1.01. The first kappa shape index (κ1) is 25.9. The first-order valence-electron chi connectivity index (χ1n) is 15.1. The Bertz CT molecular complexity index is 2240. The van der Waals surface area contributed by atoms with Gasteiger partial charge in [-0.05, 0) is 67.4 Å². The molecule has 1 nitrogen and oxygen atoms in total. The predicted molar refractivity (Wildman–Crippen MR) is 187 cm³/mol. The summed E-state index contributed by atoms with van der Waals surface area (Å²) in [5, 5.41) is 6.06. The molecule has 0 aliphatic heterocycles. The monoisotopic (exact) mass is 559 g/mol. The maximum atomic E-state index is 4.95. The molecule has 0 atom stereocenters. The summed E-state index contributed by atoms with van der Waals surface area (Å²) in [4.78, 5) is 4.95. The largest absolute Gasteiger partial charge is 0.256 e. The highest BCUT2D eigenvalue weighted by Crippen LogP contribution is 2.45. The van der Waals surface area contributed by atoms with E-state index >= 15 is 0 Å². The van der Waals surface area contributed by atoms with Crippen LogP contribution in [0.2, 0.25) is 0 Å². The fourth-order valence-corrected chi connectivity index (χ4v) is 6.50. The van der Waals surface area contributed by atoms with Crippen molar-refractivity contribution in [2.24, 2.45) is 0 Å². The van der Waals surface area contributed by atoms with Gasteiger partial charge >= 0.3 is 0 Å². The molecule has 0 radical (unpaired) electrons. The van der Waals surface area contributed by atoms with E-state index in [1.807, 2.05) is 0 Å². The molecular weight excluding hydrogens is 530 g/mol. The highest BCUT2D eigenvalue weighted by Gasteiger charge is 2.19. The molecule has 0 amide bonds. The lowest BCUT2D eigenvalue weighted by Gasteiger charge is -2.19. The Morgan fingerprint density at radius 1 is 0.409 bits per heavy atom. The van der Waals surface area contributed by atoms with E-state index in [4.69, 9.17) is 4.98 Å². The van der Waals surface area contributed by atoms with Crippen molar-refractivity contribution in [1.29, 1.82) is 0 Å². The van der Waals surface area contributed by atoms with E-state index < -0.39 is 0 Å². The van der Waals surface area contributed by atoms with Crippen molar-refractivity contribution in [3.63, 3.8) is 0 Å². The van der Waals surface area contributed by atoms with Gasteiger partial charge in [-0.2, -0.15) is 0 Å². The van der Waals surface area contributed by atoms with E-state index in [1.165, 1.54) is 65.9 Å². The summed E-state index contributed by atoms with van der Waals surface area (Å²) in [6.07, 6.45) is 4.36. The van der Waals surface area contributed by atoms with Crippen LogP contribution in [-0.2, 0) is 0 Å². The standard InChI is InChI=1S/C43H29N/c1-4-14-31(15-5-1)38(32-16-6-2-7-17-32)28-30-24-26-34(27-25-30)41-35-20-10-11-21-36(35)42(33-18-8-3-9-19-33)43-37-22-12-13-23-40(37)44-29-39(41)43/h1-29H. The first-order chi connectivity index (χ1) is 21.8. The number of benzene rings is 7. The number of nitrogens with zero attached hydrogens (tertiary/aromatic N) is 1. The number of pyridine rings is 1. The Kier molecular flexibility index (Phi) is 6.55. The van der Waals surface area contributed by atoms with Crippen molar-refractivity contribution in [3.8, 4) is 22.3 Å². The lowest BCUT2D eigenvalue weighted by atomic mass is 9.85. The maximum absolute atomic E-state index is 4.95. The molecular formula is C43H29N. The van der Waals surface area contributed by atoms with Gasteiger partial charge in [0.15, 0.2) is 0 Å². The summed E-state index contributed by atoms with van der Waals surface area (Å²) in [5.41, 5.74) is 10.7. The van der Waals surface area contributed by atoms with Crippen LogP contribution in [0, 0.1) is 0 Å². The van der Waals surface area contributed by atoms with Gasteiger partial charge in [0.2, 0.25) is 0 Å². The molecule has 0 aliphatic rings. The normalized spacial score (nSPS) is 11.2. The summed E-state index contributed by atoms with van der Waals surface area (Å²) in [7, 11) is 0. The van der Waals surface area contributed by atoms with Crippen LogP contribution >= 0.6 is 0 Å². The summed E-state index contributed by atoms with van der Waals surface area (Å²) < 4.78 is 0. The molecule has 1 aromatic heterocycles. The van der Waals surface area contributed by atoms with Crippen LogP contribution in [0.3, 0.4) is 0 Å². The minimum Gasteiger partial charge on any atom is -0.256 e. The zero-order valence-corrected chi connectivity index (χ0v) is 24.2. The van der Waals surface area contributed by atoms with Crippen molar-refractivity contribution < 1.29 is 0 Å². The third-order valence-electron chi connectivity index (χ3n) is 8.50. The molecule has 8 rings (SSSR count). The molecule has 0 fully saturated rings. The Morgan fingerprint density at radius 2 is 0.909 bits per heavy atom. The second-order valence-electron chi connectivity index (χ2n) is 11.1. The molecule has 0 spiro atoms. The number of hydrogen-bond donors (Lipinski definition) is 0. The number of hydrogen-bond acceptors (Lipinski definition) is 1. The summed E-state index contributed by atoms with van der Waals surface area (Å²) >= 11 is 0. The molecule has 0 N–H and O–H groups in total. The summed E-state index contributed by atoms with van der Waals surface area (Å²) in [6, 6.07) is 58.3. The summed E-state index contributed by atoms with van der Waals surface area (Å²) in [5.74, 6) is 0. The average Bonchev–Trinajstić information content (AvgIpc) is 3.11. The van der Waals surface area contributed by atoms with Gasteiger partial charge in [0.05, 0.1) is 5.52 Å². The number of fused-ring (bicyclic) bond motifs is 4. The Hall–Kier alpha value is -5.79. The van der Waals surface area contributed by atoms with E-state index in [0.29, 0.717) is 0 Å². The molecule has 206 valence electrons. The number of aromatic nitrogens is 1. The molecule has 44 heavy (non-hydrogen) atoms. The molecule has 7 aromatic carbocycles. The van der Waals surface area contributed by atoms with Gasteiger partial charge in [-0.1, -0.05) is 158 Å². The van der Waals surface area contributed by atoms with Gasteiger partial charge in [-0.3, -0.25) is 4.98 Å². The quantitative estimate of drug-likeness (QED) is 0.116.